The van der Waals surface area contributed by atoms with Gasteiger partial charge in [0.15, 0.2) is 0 Å². The van der Waals surface area contributed by atoms with Crippen molar-refractivity contribution in [2.45, 2.75) is 31.3 Å². The predicted octanol–water partition coefficient (Wildman–Crippen LogP) is 6.00. The number of benzene rings is 2. The second-order valence-electron chi connectivity index (χ2n) is 5.23. The molecule has 0 aromatic heterocycles. The molecule has 0 aliphatic rings. The van der Waals surface area contributed by atoms with E-state index < -0.39 is 11.7 Å². The van der Waals surface area contributed by atoms with Crippen LogP contribution in [0, 0.1) is 13.8 Å². The first kappa shape index (κ1) is 16.1. The molecule has 0 radical (unpaired) electrons. The Morgan fingerprint density at radius 2 is 1.62 bits per heavy atom. The van der Waals surface area contributed by atoms with Crippen molar-refractivity contribution in [3.05, 3.63) is 70.3 Å². The Bertz CT molecular complexity index is 615. The van der Waals surface area contributed by atoms with Crippen LogP contribution in [-0.2, 0) is 12.6 Å². The van der Waals surface area contributed by atoms with Crippen LogP contribution >= 0.6 is 15.9 Å². The molecule has 0 spiro atoms. The van der Waals surface area contributed by atoms with Gasteiger partial charge in [-0.1, -0.05) is 51.8 Å². The van der Waals surface area contributed by atoms with E-state index in [4.69, 9.17) is 0 Å². The van der Waals surface area contributed by atoms with E-state index in [1.165, 1.54) is 16.7 Å². The molecule has 0 aliphatic heterocycles. The Kier molecular flexibility index (Phi) is 4.77. The van der Waals surface area contributed by atoms with E-state index in [0.29, 0.717) is 6.42 Å². The molecule has 0 bridgehead atoms. The van der Waals surface area contributed by atoms with Crippen LogP contribution in [-0.4, -0.2) is 0 Å². The van der Waals surface area contributed by atoms with Crippen molar-refractivity contribution < 1.29 is 13.2 Å². The van der Waals surface area contributed by atoms with Crippen LogP contribution in [0.5, 0.6) is 0 Å². The van der Waals surface area contributed by atoms with E-state index in [1.54, 1.807) is 12.1 Å². The maximum absolute atomic E-state index is 12.5. The predicted molar refractivity (Wildman–Crippen MR) is 82.7 cm³/mol. The quantitative estimate of drug-likeness (QED) is 0.591. The molecule has 4 heteroatoms. The molecule has 2 aromatic rings. The molecule has 1 atom stereocenters. The first-order valence-corrected chi connectivity index (χ1v) is 7.56. The Morgan fingerprint density at radius 3 is 2.19 bits per heavy atom. The van der Waals surface area contributed by atoms with E-state index in [2.05, 4.69) is 34.1 Å². The molecule has 0 N–H and O–H groups in total. The summed E-state index contributed by atoms with van der Waals surface area (Å²) in [5, 5.41) is 0. The maximum atomic E-state index is 12.5. The summed E-state index contributed by atoms with van der Waals surface area (Å²) < 4.78 is 37.6. The van der Waals surface area contributed by atoms with Gasteiger partial charge in [-0.25, -0.2) is 0 Å². The van der Waals surface area contributed by atoms with E-state index >= 15 is 0 Å². The Balaban J connectivity index is 2.16. The highest BCUT2D eigenvalue weighted by molar-refractivity contribution is 9.09. The minimum Gasteiger partial charge on any atom is -0.166 e. The molecule has 0 saturated carbocycles. The summed E-state index contributed by atoms with van der Waals surface area (Å²) in [6, 6.07) is 11.6. The van der Waals surface area contributed by atoms with Crippen molar-refractivity contribution in [1.82, 2.24) is 0 Å². The van der Waals surface area contributed by atoms with Gasteiger partial charge < -0.3 is 0 Å². The molecule has 1 unspecified atom stereocenters. The molecule has 0 nitrogen and oxygen atoms in total. The topological polar surface area (TPSA) is 0 Å². The normalized spacial score (nSPS) is 13.2. The van der Waals surface area contributed by atoms with Crippen LogP contribution in [0.25, 0.3) is 0 Å². The molecule has 0 saturated heterocycles. The minimum atomic E-state index is -4.28. The molecule has 2 aromatic carbocycles. The largest absolute Gasteiger partial charge is 0.416 e. The van der Waals surface area contributed by atoms with Crippen LogP contribution in [0.2, 0.25) is 0 Å². The van der Waals surface area contributed by atoms with Crippen molar-refractivity contribution in [3.8, 4) is 0 Å². The summed E-state index contributed by atoms with van der Waals surface area (Å²) in [7, 11) is 0. The molecular weight excluding hydrogens is 341 g/mol. The highest BCUT2D eigenvalue weighted by Crippen LogP contribution is 2.32. The van der Waals surface area contributed by atoms with E-state index in [-0.39, 0.29) is 4.83 Å². The molecule has 21 heavy (non-hydrogen) atoms. The third-order valence-electron chi connectivity index (χ3n) is 3.47. The summed E-state index contributed by atoms with van der Waals surface area (Å²) in [4.78, 5) is 0.0918. The first-order valence-electron chi connectivity index (χ1n) is 6.65. The van der Waals surface area contributed by atoms with Crippen molar-refractivity contribution >= 4 is 15.9 Å². The molecule has 0 amide bonds. The lowest BCUT2D eigenvalue weighted by atomic mass is 9.98. The van der Waals surface area contributed by atoms with E-state index in [1.807, 2.05) is 13.8 Å². The summed E-state index contributed by atoms with van der Waals surface area (Å²) in [6.45, 7) is 4.07. The fourth-order valence-electron chi connectivity index (χ4n) is 2.24. The smallest absolute Gasteiger partial charge is 0.166 e. The average Bonchev–Trinajstić information content (AvgIpc) is 2.41. The lowest BCUT2D eigenvalue weighted by Gasteiger charge is -2.15. The second kappa shape index (κ2) is 6.22. The Labute approximate surface area is 131 Å². The summed E-state index contributed by atoms with van der Waals surface area (Å²) in [6.07, 6.45) is -3.62. The van der Waals surface area contributed by atoms with Gasteiger partial charge in [-0.15, -0.1) is 0 Å². The lowest BCUT2D eigenvalue weighted by Crippen LogP contribution is -2.05. The van der Waals surface area contributed by atoms with Crippen LogP contribution in [0.15, 0.2) is 42.5 Å². The molecule has 0 fully saturated rings. The Hall–Kier alpha value is -1.29. The van der Waals surface area contributed by atoms with Gasteiger partial charge in [0.2, 0.25) is 0 Å². The highest BCUT2D eigenvalue weighted by atomic mass is 79.9. The van der Waals surface area contributed by atoms with Gasteiger partial charge >= 0.3 is 6.18 Å². The third-order valence-corrected chi connectivity index (χ3v) is 4.29. The lowest BCUT2D eigenvalue weighted by molar-refractivity contribution is -0.137. The van der Waals surface area contributed by atoms with Crippen LogP contribution in [0.4, 0.5) is 13.2 Å². The van der Waals surface area contributed by atoms with Gasteiger partial charge in [-0.05, 0) is 49.1 Å². The van der Waals surface area contributed by atoms with Crippen molar-refractivity contribution in [1.29, 1.82) is 0 Å². The number of hydrogen-bond donors (Lipinski definition) is 0. The summed E-state index contributed by atoms with van der Waals surface area (Å²) in [5.41, 5.74) is 3.80. The summed E-state index contributed by atoms with van der Waals surface area (Å²) >= 11 is 3.64. The van der Waals surface area contributed by atoms with Gasteiger partial charge in [-0.2, -0.15) is 13.2 Å². The fourth-order valence-corrected chi connectivity index (χ4v) is 3.11. The maximum Gasteiger partial charge on any atom is 0.416 e. The van der Waals surface area contributed by atoms with Gasteiger partial charge in [0.1, 0.15) is 0 Å². The van der Waals surface area contributed by atoms with Crippen LogP contribution in [0.3, 0.4) is 0 Å². The van der Waals surface area contributed by atoms with Gasteiger partial charge in [0.25, 0.3) is 0 Å². The Morgan fingerprint density at radius 1 is 1.00 bits per heavy atom. The molecule has 0 aliphatic carbocycles. The average molecular weight is 357 g/mol. The van der Waals surface area contributed by atoms with Crippen molar-refractivity contribution in [2.24, 2.45) is 0 Å². The standard InChI is InChI=1S/C17H16BrF3/c1-11-3-4-12(2)15(9-11)16(18)10-13-5-7-14(8-6-13)17(19,20)21/h3-9,16H,10H2,1-2H3. The molecule has 112 valence electrons. The number of halogens is 4. The number of aryl methyl sites for hydroxylation is 2. The monoisotopic (exact) mass is 356 g/mol. The molecular formula is C17H16BrF3. The van der Waals surface area contributed by atoms with E-state index in [9.17, 15) is 13.2 Å². The number of hydrogen-bond acceptors (Lipinski definition) is 0. The third kappa shape index (κ3) is 4.10. The second-order valence-corrected chi connectivity index (χ2v) is 6.33. The highest BCUT2D eigenvalue weighted by Gasteiger charge is 2.30. The number of alkyl halides is 4. The SMILES string of the molecule is Cc1ccc(C)c(C(Br)Cc2ccc(C(F)(F)F)cc2)c1. The van der Waals surface area contributed by atoms with Gasteiger partial charge in [0, 0.05) is 4.83 Å². The van der Waals surface area contributed by atoms with Crippen LogP contribution in [0.1, 0.15) is 32.6 Å². The minimum absolute atomic E-state index is 0.0918. The first-order chi connectivity index (χ1) is 9.77. The fraction of sp³-hybridized carbons (Fsp3) is 0.294. The zero-order valence-corrected chi connectivity index (χ0v) is 13.4. The zero-order valence-electron chi connectivity index (χ0n) is 11.8. The van der Waals surface area contributed by atoms with Gasteiger partial charge in [0.05, 0.1) is 5.56 Å². The molecule has 0 heterocycles. The van der Waals surface area contributed by atoms with Crippen molar-refractivity contribution in [2.75, 3.05) is 0 Å². The van der Waals surface area contributed by atoms with E-state index in [0.717, 1.165) is 17.7 Å². The molecule has 2 rings (SSSR count). The number of rotatable bonds is 3. The zero-order chi connectivity index (χ0) is 15.6. The van der Waals surface area contributed by atoms with Gasteiger partial charge in [-0.3, -0.25) is 0 Å². The van der Waals surface area contributed by atoms with Crippen LogP contribution < -0.4 is 0 Å². The van der Waals surface area contributed by atoms with Crippen molar-refractivity contribution in [3.63, 3.8) is 0 Å². The summed E-state index contributed by atoms with van der Waals surface area (Å²) in [5.74, 6) is 0.